The first-order valence-electron chi connectivity index (χ1n) is 3.09. The van der Waals surface area contributed by atoms with Crippen molar-refractivity contribution >= 4 is 5.97 Å². The van der Waals surface area contributed by atoms with Gasteiger partial charge >= 0.3 is 5.97 Å². The predicted octanol–water partition coefficient (Wildman–Crippen LogP) is 1.86. The third-order valence-electron chi connectivity index (χ3n) is 0.941. The Morgan fingerprint density at radius 2 is 2.00 bits per heavy atom. The lowest BCUT2D eigenvalue weighted by Crippen LogP contribution is -2.00. The van der Waals surface area contributed by atoms with Crippen molar-refractivity contribution in [1.82, 2.24) is 0 Å². The molecule has 0 aliphatic carbocycles. The van der Waals surface area contributed by atoms with Crippen molar-refractivity contribution in [3.05, 3.63) is 12.3 Å². The average Bonchev–Trinajstić information content (AvgIpc) is 1.87. The van der Waals surface area contributed by atoms with Crippen molar-refractivity contribution in [3.8, 4) is 0 Å². The number of allylic oxidation sites excluding steroid dienone is 1. The first-order chi connectivity index (χ1) is 4.20. The number of carbonyl (C=O) groups excluding carboxylic acids is 1. The van der Waals surface area contributed by atoms with Crippen molar-refractivity contribution < 1.29 is 9.53 Å². The average molecular weight is 128 g/mol. The number of ether oxygens (including phenoxy) is 1. The molecule has 0 fully saturated rings. The van der Waals surface area contributed by atoms with Crippen LogP contribution in [0.1, 0.15) is 26.7 Å². The van der Waals surface area contributed by atoms with Crippen LogP contribution in [0.4, 0.5) is 0 Å². The first kappa shape index (κ1) is 8.21. The molecule has 0 saturated heterocycles. The van der Waals surface area contributed by atoms with Crippen LogP contribution in [0.25, 0.3) is 0 Å². The van der Waals surface area contributed by atoms with Crippen molar-refractivity contribution in [1.29, 1.82) is 0 Å². The predicted molar refractivity (Wildman–Crippen MR) is 35.8 cm³/mol. The third-order valence-corrected chi connectivity index (χ3v) is 0.941. The molecule has 0 bridgehead atoms. The van der Waals surface area contributed by atoms with Crippen LogP contribution in [0.5, 0.6) is 0 Å². The van der Waals surface area contributed by atoms with Crippen LogP contribution in [-0.2, 0) is 9.53 Å². The van der Waals surface area contributed by atoms with Gasteiger partial charge in [0.2, 0.25) is 0 Å². The number of rotatable bonds is 3. The van der Waals surface area contributed by atoms with Gasteiger partial charge in [-0.1, -0.05) is 20.4 Å². The monoisotopic (exact) mass is 128 g/mol. The first-order valence-corrected chi connectivity index (χ1v) is 3.09. The Kier molecular flexibility index (Phi) is 3.76. The Morgan fingerprint density at radius 1 is 1.44 bits per heavy atom. The quantitative estimate of drug-likeness (QED) is 0.428. The number of esters is 1. The van der Waals surface area contributed by atoms with Crippen LogP contribution in [0.2, 0.25) is 0 Å². The fourth-order valence-corrected chi connectivity index (χ4v) is 0.305. The summed E-state index contributed by atoms with van der Waals surface area (Å²) < 4.78 is 4.72. The Balaban J connectivity index is 3.47. The van der Waals surface area contributed by atoms with E-state index in [9.17, 15) is 4.79 Å². The number of hydrogen-bond acceptors (Lipinski definition) is 2. The molecule has 0 aromatic heterocycles. The largest absolute Gasteiger partial charge is 0.432 e. The zero-order valence-corrected chi connectivity index (χ0v) is 5.94. The van der Waals surface area contributed by atoms with Crippen LogP contribution in [-0.4, -0.2) is 5.97 Å². The van der Waals surface area contributed by atoms with Crippen LogP contribution < -0.4 is 0 Å². The highest BCUT2D eigenvalue weighted by atomic mass is 16.5. The minimum absolute atomic E-state index is 0.207. The molecule has 2 heteroatoms. The highest BCUT2D eigenvalue weighted by Crippen LogP contribution is 1.99. The summed E-state index contributed by atoms with van der Waals surface area (Å²) in [6.45, 7) is 7.17. The van der Waals surface area contributed by atoms with Gasteiger partial charge in [0.05, 0.1) is 0 Å². The molecule has 52 valence electrons. The van der Waals surface area contributed by atoms with Crippen molar-refractivity contribution in [2.75, 3.05) is 0 Å². The van der Waals surface area contributed by atoms with Gasteiger partial charge in [0.1, 0.15) is 5.76 Å². The van der Waals surface area contributed by atoms with E-state index in [2.05, 4.69) is 6.58 Å². The molecule has 0 aromatic carbocycles. The molecule has 0 rings (SSSR count). The van der Waals surface area contributed by atoms with Gasteiger partial charge < -0.3 is 4.74 Å². The molecule has 0 atom stereocenters. The van der Waals surface area contributed by atoms with E-state index in [4.69, 9.17) is 4.74 Å². The highest BCUT2D eigenvalue weighted by Gasteiger charge is 1.98. The van der Waals surface area contributed by atoms with Crippen LogP contribution in [0.15, 0.2) is 12.3 Å². The Morgan fingerprint density at radius 3 is 2.33 bits per heavy atom. The van der Waals surface area contributed by atoms with E-state index in [1.54, 1.807) is 6.92 Å². The van der Waals surface area contributed by atoms with Crippen molar-refractivity contribution in [2.24, 2.45) is 0 Å². The Labute approximate surface area is 55.5 Å². The lowest BCUT2D eigenvalue weighted by atomic mass is 10.4. The van der Waals surface area contributed by atoms with E-state index in [0.717, 1.165) is 0 Å². The maximum absolute atomic E-state index is 10.5. The molecule has 9 heavy (non-hydrogen) atoms. The summed E-state index contributed by atoms with van der Waals surface area (Å²) >= 11 is 0. The van der Waals surface area contributed by atoms with Gasteiger partial charge in [0.15, 0.2) is 0 Å². The summed E-state index contributed by atoms with van der Waals surface area (Å²) in [6.07, 6.45) is 1.12. The Hall–Kier alpha value is -0.790. The van der Waals surface area contributed by atoms with Gasteiger partial charge in [-0.25, -0.2) is 0 Å². The maximum atomic E-state index is 10.5. The number of carbonyl (C=O) groups is 1. The minimum Gasteiger partial charge on any atom is -0.432 e. The third kappa shape index (κ3) is 3.76. The zero-order chi connectivity index (χ0) is 7.28. The molecule has 0 heterocycles. The van der Waals surface area contributed by atoms with Crippen LogP contribution in [0, 0.1) is 0 Å². The highest BCUT2D eigenvalue weighted by molar-refractivity contribution is 5.69. The normalized spacial score (nSPS) is 8.67. The van der Waals surface area contributed by atoms with Crippen LogP contribution >= 0.6 is 0 Å². The summed E-state index contributed by atoms with van der Waals surface area (Å²) in [7, 11) is 0. The molecule has 0 aliphatic rings. The van der Waals surface area contributed by atoms with Gasteiger partial charge in [-0.15, -0.1) is 0 Å². The number of hydrogen-bond donors (Lipinski definition) is 0. The topological polar surface area (TPSA) is 26.3 Å². The SMILES string of the molecule is C=C(CC)OC(=O)CC. The molecule has 0 radical (unpaired) electrons. The summed E-state index contributed by atoms with van der Waals surface area (Å²) in [5.74, 6) is 0.337. The second kappa shape index (κ2) is 4.13. The molecule has 0 amide bonds. The molecule has 0 N–H and O–H groups in total. The summed E-state index contributed by atoms with van der Waals surface area (Å²) in [6, 6.07) is 0. The van der Waals surface area contributed by atoms with Gasteiger partial charge in [-0.2, -0.15) is 0 Å². The van der Waals surface area contributed by atoms with Gasteiger partial charge in [0, 0.05) is 12.8 Å². The molecule has 2 nitrogen and oxygen atoms in total. The fraction of sp³-hybridized carbons (Fsp3) is 0.571. The summed E-state index contributed by atoms with van der Waals surface area (Å²) in [5, 5.41) is 0. The Bertz CT molecular complexity index is 102. The summed E-state index contributed by atoms with van der Waals surface area (Å²) in [5.41, 5.74) is 0. The van der Waals surface area contributed by atoms with E-state index >= 15 is 0 Å². The second-order valence-electron chi connectivity index (χ2n) is 1.72. The standard InChI is InChI=1S/C7H12O2/c1-4-6(3)9-7(8)5-2/h3-5H2,1-2H3. The molecule has 0 aliphatic heterocycles. The lowest BCUT2D eigenvalue weighted by Gasteiger charge is -2.00. The molecule has 0 unspecified atom stereocenters. The van der Waals surface area contributed by atoms with Gasteiger partial charge in [-0.05, 0) is 0 Å². The second-order valence-corrected chi connectivity index (χ2v) is 1.72. The minimum atomic E-state index is -0.207. The smallest absolute Gasteiger partial charge is 0.310 e. The van der Waals surface area contributed by atoms with Crippen molar-refractivity contribution in [3.63, 3.8) is 0 Å². The molecule has 0 aromatic rings. The zero-order valence-electron chi connectivity index (χ0n) is 5.94. The summed E-state index contributed by atoms with van der Waals surface area (Å²) in [4.78, 5) is 10.5. The van der Waals surface area contributed by atoms with Gasteiger partial charge in [-0.3, -0.25) is 4.79 Å². The molecular formula is C7H12O2. The van der Waals surface area contributed by atoms with E-state index in [1.807, 2.05) is 6.92 Å². The van der Waals surface area contributed by atoms with Crippen LogP contribution in [0.3, 0.4) is 0 Å². The molecule has 0 spiro atoms. The van der Waals surface area contributed by atoms with E-state index in [-0.39, 0.29) is 5.97 Å². The van der Waals surface area contributed by atoms with E-state index in [0.29, 0.717) is 18.6 Å². The van der Waals surface area contributed by atoms with E-state index < -0.39 is 0 Å². The lowest BCUT2D eigenvalue weighted by molar-refractivity contribution is -0.139. The van der Waals surface area contributed by atoms with E-state index in [1.165, 1.54) is 0 Å². The molecular weight excluding hydrogens is 116 g/mol. The van der Waals surface area contributed by atoms with Gasteiger partial charge in [0.25, 0.3) is 0 Å². The fourth-order valence-electron chi connectivity index (χ4n) is 0.305. The maximum Gasteiger partial charge on any atom is 0.310 e. The van der Waals surface area contributed by atoms with Crippen molar-refractivity contribution in [2.45, 2.75) is 26.7 Å². The molecule has 0 saturated carbocycles.